The van der Waals surface area contributed by atoms with Gasteiger partial charge in [0, 0.05) is 31.0 Å². The third kappa shape index (κ3) is 4.46. The summed E-state index contributed by atoms with van der Waals surface area (Å²) in [4.78, 5) is 30.3. The molecule has 2 aliphatic rings. The minimum absolute atomic E-state index is 0.00740. The number of Topliss-reactive ketones (excluding diaryl/α,β-unsaturated/α-hetero) is 1. The normalized spacial score (nSPS) is 18.1. The summed E-state index contributed by atoms with van der Waals surface area (Å²) in [5.41, 5.74) is 2.48. The number of hydrogen-bond acceptors (Lipinski definition) is 7. The second-order valence-electron chi connectivity index (χ2n) is 8.94. The highest BCUT2D eigenvalue weighted by molar-refractivity contribution is 6.51. The lowest BCUT2D eigenvalue weighted by Gasteiger charge is -2.26. The van der Waals surface area contributed by atoms with E-state index in [-0.39, 0.29) is 11.3 Å². The van der Waals surface area contributed by atoms with Crippen molar-refractivity contribution in [2.75, 3.05) is 43.7 Å². The zero-order valence-electron chi connectivity index (χ0n) is 20.9. The van der Waals surface area contributed by atoms with E-state index in [4.69, 9.17) is 14.2 Å². The number of benzene rings is 3. The number of aliphatic hydroxyl groups excluding tert-OH is 1. The second-order valence-corrected chi connectivity index (χ2v) is 8.94. The zero-order valence-corrected chi connectivity index (χ0v) is 20.9. The van der Waals surface area contributed by atoms with Crippen LogP contribution in [0.1, 0.15) is 24.1 Å². The van der Waals surface area contributed by atoms with E-state index in [9.17, 15) is 14.7 Å². The number of fused-ring (bicyclic) bond motifs is 1. The molecule has 0 aromatic heterocycles. The molecule has 1 N–H and O–H groups in total. The first-order valence-electron chi connectivity index (χ1n) is 12.1. The summed E-state index contributed by atoms with van der Waals surface area (Å²) in [6.07, 6.45) is 0. The van der Waals surface area contributed by atoms with Gasteiger partial charge in [0.25, 0.3) is 11.7 Å². The molecule has 1 unspecified atom stereocenters. The Morgan fingerprint density at radius 3 is 2.43 bits per heavy atom. The van der Waals surface area contributed by atoms with Crippen molar-refractivity contribution in [1.82, 2.24) is 0 Å². The highest BCUT2D eigenvalue weighted by Crippen LogP contribution is 2.44. The van der Waals surface area contributed by atoms with Crippen molar-refractivity contribution in [3.8, 4) is 17.2 Å². The Kier molecular flexibility index (Phi) is 6.48. The number of anilines is 2. The number of nitrogens with zero attached hydrogens (tertiary/aromatic N) is 2. The Morgan fingerprint density at radius 1 is 1.00 bits per heavy atom. The molecule has 37 heavy (non-hydrogen) atoms. The molecule has 3 aromatic rings. The van der Waals surface area contributed by atoms with Gasteiger partial charge >= 0.3 is 0 Å². The topological polar surface area (TPSA) is 88.5 Å². The Hall–Kier alpha value is -4.46. The number of amides is 1. The van der Waals surface area contributed by atoms with Gasteiger partial charge in [-0.05, 0) is 67.1 Å². The second kappa shape index (κ2) is 9.89. The monoisotopic (exact) mass is 500 g/mol. The molecular weight excluding hydrogens is 472 g/mol. The third-order valence-electron chi connectivity index (χ3n) is 6.39. The largest absolute Gasteiger partial charge is 0.507 e. The van der Waals surface area contributed by atoms with Crippen molar-refractivity contribution < 1.29 is 28.9 Å². The highest BCUT2D eigenvalue weighted by Gasteiger charge is 2.47. The maximum Gasteiger partial charge on any atom is 0.300 e. The molecule has 0 bridgehead atoms. The van der Waals surface area contributed by atoms with Gasteiger partial charge in [0.15, 0.2) is 11.5 Å². The van der Waals surface area contributed by atoms with E-state index in [0.29, 0.717) is 53.9 Å². The average molecular weight is 501 g/mol. The molecule has 1 amide bonds. The van der Waals surface area contributed by atoms with Crippen molar-refractivity contribution in [3.63, 3.8) is 0 Å². The van der Waals surface area contributed by atoms with Crippen molar-refractivity contribution in [1.29, 1.82) is 0 Å². The molecule has 8 nitrogen and oxygen atoms in total. The molecule has 1 fully saturated rings. The van der Waals surface area contributed by atoms with Gasteiger partial charge in [-0.25, -0.2) is 0 Å². The van der Waals surface area contributed by atoms with Crippen LogP contribution >= 0.6 is 0 Å². The van der Waals surface area contributed by atoms with Crippen LogP contribution in [0.5, 0.6) is 17.2 Å². The highest BCUT2D eigenvalue weighted by atomic mass is 16.6. The lowest BCUT2D eigenvalue weighted by Crippen LogP contribution is -2.29. The van der Waals surface area contributed by atoms with E-state index in [1.165, 1.54) is 4.90 Å². The molecule has 2 aliphatic heterocycles. The predicted molar refractivity (Wildman–Crippen MR) is 141 cm³/mol. The smallest absolute Gasteiger partial charge is 0.300 e. The van der Waals surface area contributed by atoms with Gasteiger partial charge in [-0.2, -0.15) is 0 Å². The van der Waals surface area contributed by atoms with E-state index >= 15 is 0 Å². The first-order chi connectivity index (χ1) is 17.9. The fraction of sp³-hybridized carbons (Fsp3) is 0.241. The maximum atomic E-state index is 13.5. The molecular formula is C29H28N2O6. The Balaban J connectivity index is 1.67. The van der Waals surface area contributed by atoms with Crippen LogP contribution in [-0.4, -0.2) is 50.7 Å². The fourth-order valence-electron chi connectivity index (χ4n) is 4.61. The average Bonchev–Trinajstić information content (AvgIpc) is 3.18. The number of rotatable bonds is 6. The van der Waals surface area contributed by atoms with Crippen molar-refractivity contribution in [2.24, 2.45) is 0 Å². The maximum absolute atomic E-state index is 13.5. The van der Waals surface area contributed by atoms with E-state index in [2.05, 4.69) is 0 Å². The lowest BCUT2D eigenvalue weighted by atomic mass is 9.94. The van der Waals surface area contributed by atoms with Gasteiger partial charge in [-0.15, -0.1) is 0 Å². The van der Waals surface area contributed by atoms with Gasteiger partial charge in [-0.3, -0.25) is 14.5 Å². The number of ether oxygens (including phenoxy) is 3. The van der Waals surface area contributed by atoms with Crippen LogP contribution in [0, 0.1) is 0 Å². The van der Waals surface area contributed by atoms with Gasteiger partial charge in [0.05, 0.1) is 18.2 Å². The summed E-state index contributed by atoms with van der Waals surface area (Å²) >= 11 is 0. The summed E-state index contributed by atoms with van der Waals surface area (Å²) in [5.74, 6) is -0.134. The quantitative estimate of drug-likeness (QED) is 0.302. The van der Waals surface area contributed by atoms with Gasteiger partial charge in [-0.1, -0.05) is 12.1 Å². The molecule has 0 radical (unpaired) electrons. The molecule has 1 atom stereocenters. The van der Waals surface area contributed by atoms with E-state index < -0.39 is 17.7 Å². The minimum atomic E-state index is -0.862. The summed E-state index contributed by atoms with van der Waals surface area (Å²) < 4.78 is 16.9. The molecule has 8 heteroatoms. The van der Waals surface area contributed by atoms with E-state index in [0.717, 1.165) is 5.69 Å². The predicted octanol–water partition coefficient (Wildman–Crippen LogP) is 4.55. The molecule has 0 aliphatic carbocycles. The summed E-state index contributed by atoms with van der Waals surface area (Å²) in [5, 5.41) is 11.4. The number of ketones is 1. The Bertz CT molecular complexity index is 1380. The first kappa shape index (κ1) is 24.2. The molecule has 0 spiro atoms. The first-order valence-corrected chi connectivity index (χ1v) is 12.1. The summed E-state index contributed by atoms with van der Waals surface area (Å²) in [6.45, 7) is 3.17. The van der Waals surface area contributed by atoms with Gasteiger partial charge in [0.1, 0.15) is 24.7 Å². The number of aliphatic hydroxyl groups is 1. The third-order valence-corrected chi connectivity index (χ3v) is 6.39. The van der Waals surface area contributed by atoms with Crippen LogP contribution in [0.3, 0.4) is 0 Å². The zero-order chi connectivity index (χ0) is 26.1. The Morgan fingerprint density at radius 2 is 1.73 bits per heavy atom. The fourth-order valence-corrected chi connectivity index (χ4v) is 4.61. The molecule has 1 saturated heterocycles. The van der Waals surface area contributed by atoms with Crippen LogP contribution in [0.4, 0.5) is 11.4 Å². The number of hydrogen-bond donors (Lipinski definition) is 1. The summed E-state index contributed by atoms with van der Waals surface area (Å²) in [6, 6.07) is 18.7. The summed E-state index contributed by atoms with van der Waals surface area (Å²) in [7, 11) is 3.85. The van der Waals surface area contributed by atoms with Crippen LogP contribution < -0.4 is 24.0 Å². The van der Waals surface area contributed by atoms with Crippen molar-refractivity contribution in [2.45, 2.75) is 13.0 Å². The molecule has 190 valence electrons. The van der Waals surface area contributed by atoms with Crippen LogP contribution in [0.2, 0.25) is 0 Å². The SMILES string of the molecule is CCOc1cccc(C2/C(=C(/O)c3ccc4c(c3)OCCO4)C(=O)C(=O)N2c2ccc(N(C)C)cc2)c1. The minimum Gasteiger partial charge on any atom is -0.507 e. The standard InChI is InChI=1S/C29H28N2O6/c1-4-35-22-7-5-6-18(16-22)26-25(27(32)19-8-13-23-24(17-19)37-15-14-36-23)28(33)29(34)31(26)21-11-9-20(10-12-21)30(2)3/h5-13,16-17,26,32H,4,14-15H2,1-3H3/b27-25-. The molecule has 5 rings (SSSR count). The van der Waals surface area contributed by atoms with E-state index in [1.807, 2.05) is 50.2 Å². The van der Waals surface area contributed by atoms with Crippen LogP contribution in [0.15, 0.2) is 72.3 Å². The molecule has 2 heterocycles. The molecule has 3 aromatic carbocycles. The lowest BCUT2D eigenvalue weighted by molar-refractivity contribution is -0.132. The van der Waals surface area contributed by atoms with Crippen LogP contribution in [-0.2, 0) is 9.59 Å². The van der Waals surface area contributed by atoms with Crippen LogP contribution in [0.25, 0.3) is 5.76 Å². The van der Waals surface area contributed by atoms with E-state index in [1.54, 1.807) is 42.5 Å². The van der Waals surface area contributed by atoms with Gasteiger partial charge in [0.2, 0.25) is 0 Å². The Labute approximate surface area is 215 Å². The molecule has 0 saturated carbocycles. The van der Waals surface area contributed by atoms with Gasteiger partial charge < -0.3 is 24.2 Å². The van der Waals surface area contributed by atoms with Crippen molar-refractivity contribution >= 4 is 28.8 Å². The number of carbonyl (C=O) groups is 2. The van der Waals surface area contributed by atoms with Crippen molar-refractivity contribution in [3.05, 3.63) is 83.4 Å². The number of carbonyl (C=O) groups excluding carboxylic acids is 2.